The predicted octanol–water partition coefficient (Wildman–Crippen LogP) is 5.75. The molecule has 130 valence electrons. The SMILES string of the molecule is c1ccc(-c2cnc(-c3ccccc3)n2C23CC4CC(CC2C4)C3)cc1. The minimum atomic E-state index is 0.292. The summed E-state index contributed by atoms with van der Waals surface area (Å²) < 4.78 is 2.67. The molecule has 0 spiro atoms. The molecule has 2 atom stereocenters. The van der Waals surface area contributed by atoms with Crippen molar-refractivity contribution in [3.05, 3.63) is 66.9 Å². The van der Waals surface area contributed by atoms with Gasteiger partial charge in [-0.1, -0.05) is 60.7 Å². The van der Waals surface area contributed by atoms with E-state index in [-0.39, 0.29) is 0 Å². The Morgan fingerprint density at radius 1 is 0.769 bits per heavy atom. The fourth-order valence-electron chi connectivity index (χ4n) is 6.52. The Kier molecular flexibility index (Phi) is 3.03. The van der Waals surface area contributed by atoms with Crippen molar-refractivity contribution in [1.29, 1.82) is 0 Å². The average Bonchev–Trinajstić information content (AvgIpc) is 3.31. The summed E-state index contributed by atoms with van der Waals surface area (Å²) >= 11 is 0. The number of aromatic nitrogens is 2. The van der Waals surface area contributed by atoms with Crippen LogP contribution in [0.2, 0.25) is 0 Å². The van der Waals surface area contributed by atoms with E-state index in [9.17, 15) is 0 Å². The highest BCUT2D eigenvalue weighted by Crippen LogP contribution is 2.65. The first-order chi connectivity index (χ1) is 12.8. The summed E-state index contributed by atoms with van der Waals surface area (Å²) in [5.41, 5.74) is 4.14. The van der Waals surface area contributed by atoms with Gasteiger partial charge in [-0.15, -0.1) is 0 Å². The largest absolute Gasteiger partial charge is 0.317 e. The first-order valence-corrected chi connectivity index (χ1v) is 10.0. The lowest BCUT2D eigenvalue weighted by molar-refractivity contribution is 0.208. The number of rotatable bonds is 3. The molecule has 4 aliphatic carbocycles. The quantitative estimate of drug-likeness (QED) is 0.593. The highest BCUT2D eigenvalue weighted by molar-refractivity contribution is 5.66. The van der Waals surface area contributed by atoms with Crippen LogP contribution < -0.4 is 0 Å². The summed E-state index contributed by atoms with van der Waals surface area (Å²) in [5, 5.41) is 0. The number of hydrogen-bond donors (Lipinski definition) is 0. The molecule has 2 heteroatoms. The van der Waals surface area contributed by atoms with Gasteiger partial charge in [0.1, 0.15) is 5.82 Å². The fraction of sp³-hybridized carbons (Fsp3) is 0.375. The maximum atomic E-state index is 4.97. The zero-order valence-corrected chi connectivity index (χ0v) is 15.0. The van der Waals surface area contributed by atoms with Crippen molar-refractivity contribution in [3.63, 3.8) is 0 Å². The molecule has 2 unspecified atom stereocenters. The Morgan fingerprint density at radius 3 is 2.04 bits per heavy atom. The Labute approximate surface area is 154 Å². The molecule has 4 saturated carbocycles. The van der Waals surface area contributed by atoms with Crippen LogP contribution in [0.4, 0.5) is 0 Å². The van der Waals surface area contributed by atoms with Crippen molar-refractivity contribution in [2.24, 2.45) is 17.8 Å². The molecule has 0 amide bonds. The lowest BCUT2D eigenvalue weighted by atomic mass is 9.80. The van der Waals surface area contributed by atoms with E-state index >= 15 is 0 Å². The lowest BCUT2D eigenvalue weighted by Crippen LogP contribution is -2.36. The summed E-state index contributed by atoms with van der Waals surface area (Å²) in [6.45, 7) is 0. The third-order valence-electron chi connectivity index (χ3n) is 7.26. The molecule has 1 heterocycles. The Bertz CT molecular complexity index is 870. The van der Waals surface area contributed by atoms with Crippen LogP contribution in [0.3, 0.4) is 0 Å². The van der Waals surface area contributed by atoms with Crippen molar-refractivity contribution < 1.29 is 0 Å². The van der Waals surface area contributed by atoms with Crippen LogP contribution in [-0.2, 0) is 5.54 Å². The Hall–Kier alpha value is -2.35. The van der Waals surface area contributed by atoms with Crippen LogP contribution >= 0.6 is 0 Å². The second-order valence-electron chi connectivity index (χ2n) is 8.68. The van der Waals surface area contributed by atoms with Gasteiger partial charge in [0.15, 0.2) is 0 Å². The van der Waals surface area contributed by atoms with Gasteiger partial charge in [0.25, 0.3) is 0 Å². The highest BCUT2D eigenvalue weighted by Gasteiger charge is 2.59. The fourth-order valence-corrected chi connectivity index (χ4v) is 6.52. The molecular formula is C24H24N2. The molecule has 3 aromatic rings. The highest BCUT2D eigenvalue weighted by atomic mass is 15.2. The molecule has 1 aromatic heterocycles. The molecule has 2 aromatic carbocycles. The lowest BCUT2D eigenvalue weighted by Gasteiger charge is -2.37. The molecule has 0 N–H and O–H groups in total. The van der Waals surface area contributed by atoms with Crippen molar-refractivity contribution in [2.45, 2.75) is 37.6 Å². The predicted molar refractivity (Wildman–Crippen MR) is 105 cm³/mol. The third-order valence-corrected chi connectivity index (χ3v) is 7.26. The zero-order chi connectivity index (χ0) is 17.1. The van der Waals surface area contributed by atoms with E-state index in [0.29, 0.717) is 5.54 Å². The van der Waals surface area contributed by atoms with Crippen LogP contribution in [0.1, 0.15) is 32.1 Å². The summed E-state index contributed by atoms with van der Waals surface area (Å²) in [4.78, 5) is 4.97. The number of imidazole rings is 1. The second-order valence-corrected chi connectivity index (χ2v) is 8.68. The third kappa shape index (κ3) is 1.96. The van der Waals surface area contributed by atoms with E-state index in [4.69, 9.17) is 4.98 Å². The van der Waals surface area contributed by atoms with E-state index in [1.54, 1.807) is 0 Å². The smallest absolute Gasteiger partial charge is 0.140 e. The van der Waals surface area contributed by atoms with Gasteiger partial charge < -0.3 is 4.57 Å². The molecule has 7 rings (SSSR count). The van der Waals surface area contributed by atoms with Crippen LogP contribution in [0.5, 0.6) is 0 Å². The van der Waals surface area contributed by atoms with E-state index in [0.717, 1.165) is 23.6 Å². The maximum Gasteiger partial charge on any atom is 0.140 e. The molecule has 26 heavy (non-hydrogen) atoms. The number of hydrogen-bond acceptors (Lipinski definition) is 1. The molecule has 2 nitrogen and oxygen atoms in total. The molecule has 0 radical (unpaired) electrons. The first-order valence-electron chi connectivity index (χ1n) is 10.0. The summed E-state index contributed by atoms with van der Waals surface area (Å²) in [7, 11) is 0. The zero-order valence-electron chi connectivity index (χ0n) is 15.0. The van der Waals surface area contributed by atoms with Crippen molar-refractivity contribution in [1.82, 2.24) is 9.55 Å². The Balaban J connectivity index is 1.60. The second kappa shape index (κ2) is 5.33. The maximum absolute atomic E-state index is 4.97. The minimum absolute atomic E-state index is 0.292. The molecular weight excluding hydrogens is 316 g/mol. The Morgan fingerprint density at radius 2 is 1.38 bits per heavy atom. The van der Waals surface area contributed by atoms with Crippen molar-refractivity contribution in [2.75, 3.05) is 0 Å². The first kappa shape index (κ1) is 14.8. The van der Waals surface area contributed by atoms with Gasteiger partial charge in [-0.05, 0) is 55.4 Å². The molecule has 0 saturated heterocycles. The van der Waals surface area contributed by atoms with Crippen molar-refractivity contribution >= 4 is 0 Å². The molecule has 4 fully saturated rings. The summed E-state index contributed by atoms with van der Waals surface area (Å²) in [5.74, 6) is 3.87. The molecule has 0 aliphatic heterocycles. The molecule has 4 bridgehead atoms. The van der Waals surface area contributed by atoms with Gasteiger partial charge in [-0.2, -0.15) is 0 Å². The summed E-state index contributed by atoms with van der Waals surface area (Å²) in [6, 6.07) is 21.6. The monoisotopic (exact) mass is 340 g/mol. The number of nitrogens with zero attached hydrogens (tertiary/aromatic N) is 2. The van der Waals surface area contributed by atoms with Gasteiger partial charge >= 0.3 is 0 Å². The normalized spacial score (nSPS) is 31.6. The molecule has 4 aliphatic rings. The van der Waals surface area contributed by atoms with E-state index in [1.807, 2.05) is 0 Å². The summed E-state index contributed by atoms with van der Waals surface area (Å²) in [6.07, 6.45) is 9.14. The van der Waals surface area contributed by atoms with Crippen LogP contribution in [0.15, 0.2) is 66.9 Å². The van der Waals surface area contributed by atoms with Gasteiger partial charge in [0, 0.05) is 11.1 Å². The standard InChI is InChI=1S/C24H24N2/c1-3-7-19(8-4-1)22-16-25-23(20-9-5-2-6-10-20)26(22)24-14-17-11-18(15-24)13-21(24)12-17/h1-10,16-18,21H,11-15H2. The van der Waals surface area contributed by atoms with Crippen molar-refractivity contribution in [3.8, 4) is 22.6 Å². The van der Waals surface area contributed by atoms with E-state index < -0.39 is 0 Å². The van der Waals surface area contributed by atoms with Crippen LogP contribution in [0.25, 0.3) is 22.6 Å². The number of benzene rings is 2. The minimum Gasteiger partial charge on any atom is -0.317 e. The van der Waals surface area contributed by atoms with Gasteiger partial charge in [0.2, 0.25) is 0 Å². The van der Waals surface area contributed by atoms with E-state index in [1.165, 1.54) is 48.9 Å². The van der Waals surface area contributed by atoms with Gasteiger partial charge in [-0.3, -0.25) is 0 Å². The van der Waals surface area contributed by atoms with Crippen LogP contribution in [0, 0.1) is 17.8 Å². The van der Waals surface area contributed by atoms with Crippen LogP contribution in [-0.4, -0.2) is 9.55 Å². The van der Waals surface area contributed by atoms with Gasteiger partial charge in [-0.25, -0.2) is 4.98 Å². The topological polar surface area (TPSA) is 17.8 Å². The van der Waals surface area contributed by atoms with Gasteiger partial charge in [0.05, 0.1) is 11.9 Å². The van der Waals surface area contributed by atoms with E-state index in [2.05, 4.69) is 71.4 Å². The average molecular weight is 340 g/mol.